The standard InChI is InChI=1S/C39H31N6O4PS/c1-2-49-34(46)37-23-24-51-33(37)38(27-41)28(26-40)25-39(37,45-36(48)43(35(47)44(38)45)29-15-7-3-8-16-29)42-50(30-17-9-4-10-18-30,31-19-11-5-12-20-31)32-21-13-6-14-22-32/h3-22,25,33H,2,23-24H2,1H3/t33-,37+,38-,39-/m1/s1. The number of aromatic nitrogens is 3. The molecule has 0 N–H and O–H groups in total. The number of carbonyl (C=O) groups is 1. The van der Waals surface area contributed by atoms with Crippen LogP contribution in [0.15, 0.2) is 147 Å². The molecule has 0 amide bonds. The van der Waals surface area contributed by atoms with Gasteiger partial charge in [-0.05, 0) is 37.3 Å². The van der Waals surface area contributed by atoms with Crippen molar-refractivity contribution in [2.24, 2.45) is 10.2 Å². The first-order valence-corrected chi connectivity index (χ1v) is 19.3. The van der Waals surface area contributed by atoms with E-state index in [2.05, 4.69) is 12.1 Å². The maximum atomic E-state index is 15.2. The van der Waals surface area contributed by atoms with E-state index in [0.29, 0.717) is 5.75 Å². The Morgan fingerprint density at radius 1 is 0.843 bits per heavy atom. The van der Waals surface area contributed by atoms with Gasteiger partial charge in [0.25, 0.3) is 0 Å². The molecule has 4 aliphatic rings. The van der Waals surface area contributed by atoms with Crippen LogP contribution in [0.1, 0.15) is 13.3 Å². The SMILES string of the molecule is CCOC(=O)[C@]12CCS[C@H]1[C@@]1(C#N)C(C#N)=C[C@@]2(N=P(c2ccccc2)(c2ccccc2)c2ccccc2)n2c(=O)n(-c3ccccc3)c(=O)n21. The number of rotatable bonds is 7. The molecular weight excluding hydrogens is 680 g/mol. The van der Waals surface area contributed by atoms with Crippen molar-refractivity contribution in [1.82, 2.24) is 13.9 Å². The molecule has 4 aromatic carbocycles. The highest BCUT2D eigenvalue weighted by Crippen LogP contribution is 2.69. The molecule has 1 aliphatic carbocycles. The fourth-order valence-electron chi connectivity index (χ4n) is 8.21. The Morgan fingerprint density at radius 3 is 1.84 bits per heavy atom. The summed E-state index contributed by atoms with van der Waals surface area (Å²) in [6.45, 7) is 1.74. The average molecular weight is 711 g/mol. The third-order valence-electron chi connectivity index (χ3n) is 10.3. The van der Waals surface area contributed by atoms with E-state index in [-0.39, 0.29) is 24.3 Å². The van der Waals surface area contributed by atoms with Gasteiger partial charge in [0.05, 0.1) is 42.3 Å². The Hall–Kier alpha value is -5.61. The van der Waals surface area contributed by atoms with Gasteiger partial charge in [-0.3, -0.25) is 9.54 Å². The predicted octanol–water partition coefficient (Wildman–Crippen LogP) is 4.38. The first-order chi connectivity index (χ1) is 24.9. The molecule has 4 atom stereocenters. The van der Waals surface area contributed by atoms with E-state index in [4.69, 9.17) is 9.48 Å². The molecule has 51 heavy (non-hydrogen) atoms. The van der Waals surface area contributed by atoms with E-state index in [1.54, 1.807) is 37.3 Å². The first kappa shape index (κ1) is 32.6. The van der Waals surface area contributed by atoms with Crippen LogP contribution in [-0.2, 0) is 20.7 Å². The topological polar surface area (TPSA) is 135 Å². The third-order valence-corrected chi connectivity index (χ3v) is 15.5. The maximum absolute atomic E-state index is 15.2. The number of carbonyl (C=O) groups excluding carboxylic acids is 1. The molecule has 10 nitrogen and oxygen atoms in total. The van der Waals surface area contributed by atoms with Crippen LogP contribution in [0.5, 0.6) is 0 Å². The summed E-state index contributed by atoms with van der Waals surface area (Å²) < 4.78 is 15.2. The van der Waals surface area contributed by atoms with Gasteiger partial charge < -0.3 is 4.74 Å². The lowest BCUT2D eigenvalue weighted by atomic mass is 9.58. The summed E-state index contributed by atoms with van der Waals surface area (Å²) in [6.07, 6.45) is 1.70. The molecular formula is C39H31N6O4PS. The number of nitrogens with zero attached hydrogens (tertiary/aromatic N) is 6. The lowest BCUT2D eigenvalue weighted by Gasteiger charge is -2.58. The fourth-order valence-corrected chi connectivity index (χ4v) is 13.9. The molecule has 9 rings (SSSR count). The van der Waals surface area contributed by atoms with Crippen molar-refractivity contribution in [2.75, 3.05) is 12.4 Å². The van der Waals surface area contributed by atoms with Crippen molar-refractivity contribution in [3.8, 4) is 17.8 Å². The van der Waals surface area contributed by atoms with Crippen LogP contribution in [-0.4, -0.2) is 37.5 Å². The van der Waals surface area contributed by atoms with Crippen molar-refractivity contribution >= 4 is 40.7 Å². The largest absolute Gasteiger partial charge is 0.465 e. The number of allylic oxidation sites excluding steroid dienone is 1. The van der Waals surface area contributed by atoms with Gasteiger partial charge in [-0.25, -0.2) is 18.8 Å². The molecule has 5 aromatic rings. The second-order valence-corrected chi connectivity index (χ2v) is 16.8. The smallest absolute Gasteiger partial charge is 0.354 e. The van der Waals surface area contributed by atoms with E-state index < -0.39 is 46.3 Å². The summed E-state index contributed by atoms with van der Waals surface area (Å²) in [7, 11) is -3.26. The normalized spacial score (nSPS) is 24.4. The quantitative estimate of drug-likeness (QED) is 0.181. The van der Waals surface area contributed by atoms with Gasteiger partial charge in [0, 0.05) is 15.9 Å². The minimum atomic E-state index is -3.26. The number of benzene rings is 4. The van der Waals surface area contributed by atoms with E-state index in [9.17, 15) is 20.1 Å². The van der Waals surface area contributed by atoms with Crippen LogP contribution in [0, 0.1) is 28.1 Å². The number of esters is 1. The Morgan fingerprint density at radius 2 is 1.35 bits per heavy atom. The first-order valence-electron chi connectivity index (χ1n) is 16.5. The number of ether oxygens (including phenoxy) is 1. The fraction of sp³-hybridized carbons (Fsp3) is 0.205. The van der Waals surface area contributed by atoms with E-state index in [0.717, 1.165) is 25.2 Å². The number of para-hydroxylation sites is 1. The van der Waals surface area contributed by atoms with Gasteiger partial charge in [-0.15, -0.1) is 0 Å². The van der Waals surface area contributed by atoms with Crippen LogP contribution in [0.25, 0.3) is 5.69 Å². The number of hydrogen-bond donors (Lipinski definition) is 0. The van der Waals surface area contributed by atoms with E-state index in [1.807, 2.05) is 91.0 Å². The second kappa shape index (κ2) is 12.0. The number of thioether (sulfide) groups is 1. The van der Waals surface area contributed by atoms with Crippen LogP contribution in [0.4, 0.5) is 0 Å². The zero-order chi connectivity index (χ0) is 35.4. The molecule has 2 bridgehead atoms. The molecule has 0 radical (unpaired) electrons. The highest BCUT2D eigenvalue weighted by atomic mass is 32.2. The summed E-state index contributed by atoms with van der Waals surface area (Å²) in [6, 6.07) is 42.1. The van der Waals surface area contributed by atoms with Crippen molar-refractivity contribution in [3.63, 3.8) is 0 Å². The summed E-state index contributed by atoms with van der Waals surface area (Å²) >= 11 is 1.33. The van der Waals surface area contributed by atoms with Crippen molar-refractivity contribution in [2.45, 2.75) is 29.8 Å². The van der Waals surface area contributed by atoms with Crippen molar-refractivity contribution in [1.29, 1.82) is 10.5 Å². The van der Waals surface area contributed by atoms with E-state index in [1.165, 1.54) is 22.5 Å². The molecule has 1 saturated heterocycles. The third kappa shape index (κ3) is 4.11. The molecule has 1 fully saturated rings. The molecule has 1 aromatic heterocycles. The zero-order valence-electron chi connectivity index (χ0n) is 27.5. The molecule has 4 heterocycles. The Kier molecular flexibility index (Phi) is 7.68. The van der Waals surface area contributed by atoms with Crippen LogP contribution < -0.4 is 27.3 Å². The van der Waals surface area contributed by atoms with Crippen molar-refractivity contribution in [3.05, 3.63) is 154 Å². The minimum Gasteiger partial charge on any atom is -0.465 e. The molecule has 12 heteroatoms. The van der Waals surface area contributed by atoms with Gasteiger partial charge in [0.1, 0.15) is 5.41 Å². The molecule has 3 aliphatic heterocycles. The van der Waals surface area contributed by atoms with Gasteiger partial charge in [-0.1, -0.05) is 109 Å². The van der Waals surface area contributed by atoms with Crippen LogP contribution >= 0.6 is 18.8 Å². The highest BCUT2D eigenvalue weighted by molar-refractivity contribution is 8.00. The Labute approximate surface area is 297 Å². The number of hydrogen-bond acceptors (Lipinski definition) is 8. The highest BCUT2D eigenvalue weighted by Gasteiger charge is 2.79. The lowest BCUT2D eigenvalue weighted by molar-refractivity contribution is -0.168. The van der Waals surface area contributed by atoms with E-state index >= 15 is 4.79 Å². The maximum Gasteiger partial charge on any atom is 0.354 e. The van der Waals surface area contributed by atoms with Gasteiger partial charge >= 0.3 is 17.3 Å². The Balaban J connectivity index is 1.68. The van der Waals surface area contributed by atoms with Gasteiger partial charge in [0.15, 0.2) is 11.2 Å². The number of nitriles is 2. The predicted molar refractivity (Wildman–Crippen MR) is 197 cm³/mol. The molecule has 0 unspecified atom stereocenters. The Bertz CT molecular complexity index is 2380. The van der Waals surface area contributed by atoms with Crippen LogP contribution in [0.3, 0.4) is 0 Å². The van der Waals surface area contributed by atoms with Gasteiger partial charge in [-0.2, -0.15) is 27.0 Å². The lowest BCUT2D eigenvalue weighted by Crippen LogP contribution is -2.75. The van der Waals surface area contributed by atoms with Crippen LogP contribution in [0.2, 0.25) is 0 Å². The summed E-state index contributed by atoms with van der Waals surface area (Å²) in [5, 5.41) is 23.6. The van der Waals surface area contributed by atoms with Crippen molar-refractivity contribution < 1.29 is 9.53 Å². The molecule has 252 valence electrons. The second-order valence-electron chi connectivity index (χ2n) is 12.6. The summed E-state index contributed by atoms with van der Waals surface area (Å²) in [5.74, 6) is -0.238. The average Bonchev–Trinajstić information content (AvgIpc) is 3.77. The minimum absolute atomic E-state index is 0.0332. The summed E-state index contributed by atoms with van der Waals surface area (Å²) in [5.41, 5.74) is -7.03. The monoisotopic (exact) mass is 710 g/mol. The molecule has 0 saturated carbocycles. The zero-order valence-corrected chi connectivity index (χ0v) is 29.2. The summed E-state index contributed by atoms with van der Waals surface area (Å²) in [4.78, 5) is 44.9. The van der Waals surface area contributed by atoms with Gasteiger partial charge in [0.2, 0.25) is 0 Å². The molecule has 0 spiro atoms.